The second kappa shape index (κ2) is 6.20. The summed E-state index contributed by atoms with van der Waals surface area (Å²) in [5.41, 5.74) is 6.54. The molecule has 0 spiro atoms. The summed E-state index contributed by atoms with van der Waals surface area (Å²) in [6, 6.07) is 12.0. The van der Waals surface area contributed by atoms with Crippen molar-refractivity contribution in [1.82, 2.24) is 0 Å². The molecule has 2 aromatic carbocycles. The second-order valence-corrected chi connectivity index (χ2v) is 5.87. The highest BCUT2D eigenvalue weighted by atomic mass is 35.5. The van der Waals surface area contributed by atoms with Gasteiger partial charge in [-0.1, -0.05) is 23.7 Å². The Balaban J connectivity index is 2.28. The lowest BCUT2D eigenvalue weighted by molar-refractivity contribution is 0.870. The molecule has 0 saturated heterocycles. The number of halogens is 1. The van der Waals surface area contributed by atoms with E-state index in [1.807, 2.05) is 6.07 Å². The van der Waals surface area contributed by atoms with Crippen LogP contribution in [0.25, 0.3) is 0 Å². The van der Waals surface area contributed by atoms with Crippen LogP contribution in [0.4, 0.5) is 5.69 Å². The van der Waals surface area contributed by atoms with Crippen molar-refractivity contribution in [1.29, 1.82) is 5.26 Å². The number of hydrogen-bond acceptors (Lipinski definition) is 2. The van der Waals surface area contributed by atoms with Gasteiger partial charge in [0.2, 0.25) is 0 Å². The minimum Gasteiger partial charge on any atom is -0.377 e. The number of rotatable bonds is 3. The first-order valence-electron chi connectivity index (χ1n) is 6.96. The number of anilines is 1. The van der Waals surface area contributed by atoms with E-state index >= 15 is 0 Å². The Hall–Kier alpha value is -1.98. The predicted octanol–water partition coefficient (Wildman–Crippen LogP) is 5.31. The Bertz CT molecular complexity index is 714. The lowest BCUT2D eigenvalue weighted by Gasteiger charge is -2.20. The molecular formula is C18H19ClN2. The smallest absolute Gasteiger partial charge is 0.0992 e. The van der Waals surface area contributed by atoms with Crippen LogP contribution in [0.5, 0.6) is 0 Å². The molecule has 1 unspecified atom stereocenters. The molecule has 0 bridgehead atoms. The summed E-state index contributed by atoms with van der Waals surface area (Å²) in [5, 5.41) is 12.9. The van der Waals surface area contributed by atoms with E-state index in [4.69, 9.17) is 16.9 Å². The standard InChI is InChI=1S/C18H19ClN2/c1-11-7-13(3)16(8-12(11)2)14(4)21-18-6-5-15(10-20)9-17(18)19/h5-9,14,21H,1-4H3. The highest BCUT2D eigenvalue weighted by Gasteiger charge is 2.12. The van der Waals surface area contributed by atoms with Crippen molar-refractivity contribution in [3.05, 3.63) is 63.2 Å². The molecule has 21 heavy (non-hydrogen) atoms. The van der Waals surface area contributed by atoms with Crippen LogP contribution < -0.4 is 5.32 Å². The van der Waals surface area contributed by atoms with Gasteiger partial charge < -0.3 is 5.32 Å². The third-order valence-corrected chi connectivity index (χ3v) is 4.13. The highest BCUT2D eigenvalue weighted by molar-refractivity contribution is 6.33. The second-order valence-electron chi connectivity index (χ2n) is 5.47. The van der Waals surface area contributed by atoms with Crippen molar-refractivity contribution in [3.8, 4) is 6.07 Å². The van der Waals surface area contributed by atoms with Gasteiger partial charge in [0, 0.05) is 6.04 Å². The SMILES string of the molecule is Cc1cc(C)c(C(C)Nc2ccc(C#N)cc2Cl)cc1C. The molecule has 0 fully saturated rings. The fraction of sp³-hybridized carbons (Fsp3) is 0.278. The molecule has 0 radical (unpaired) electrons. The molecule has 2 rings (SSSR count). The van der Waals surface area contributed by atoms with E-state index in [-0.39, 0.29) is 6.04 Å². The number of nitriles is 1. The minimum atomic E-state index is 0.148. The lowest BCUT2D eigenvalue weighted by atomic mass is 9.96. The first kappa shape index (κ1) is 15.4. The van der Waals surface area contributed by atoms with E-state index in [9.17, 15) is 0 Å². The maximum atomic E-state index is 8.88. The van der Waals surface area contributed by atoms with E-state index in [2.05, 4.69) is 51.2 Å². The van der Waals surface area contributed by atoms with Crippen LogP contribution in [0.15, 0.2) is 30.3 Å². The summed E-state index contributed by atoms with van der Waals surface area (Å²) in [6.45, 7) is 8.49. The van der Waals surface area contributed by atoms with Gasteiger partial charge in [0.25, 0.3) is 0 Å². The average molecular weight is 299 g/mol. The fourth-order valence-corrected chi connectivity index (χ4v) is 2.70. The van der Waals surface area contributed by atoms with Gasteiger partial charge in [-0.3, -0.25) is 0 Å². The van der Waals surface area contributed by atoms with Crippen molar-refractivity contribution in [2.24, 2.45) is 0 Å². The Morgan fingerprint density at radius 3 is 2.33 bits per heavy atom. The molecular weight excluding hydrogens is 280 g/mol. The van der Waals surface area contributed by atoms with Gasteiger partial charge >= 0.3 is 0 Å². The fourth-order valence-electron chi connectivity index (χ4n) is 2.46. The summed E-state index contributed by atoms with van der Waals surface area (Å²) in [6.07, 6.45) is 0. The van der Waals surface area contributed by atoms with Gasteiger partial charge in [-0.15, -0.1) is 0 Å². The zero-order chi connectivity index (χ0) is 15.6. The number of nitrogens with zero attached hydrogens (tertiary/aromatic N) is 1. The zero-order valence-corrected chi connectivity index (χ0v) is 13.5. The molecule has 0 aromatic heterocycles. The third kappa shape index (κ3) is 3.37. The Labute approximate surface area is 131 Å². The van der Waals surface area contributed by atoms with Crippen molar-refractivity contribution in [2.45, 2.75) is 33.7 Å². The summed E-state index contributed by atoms with van der Waals surface area (Å²) >= 11 is 6.22. The van der Waals surface area contributed by atoms with Crippen LogP contribution >= 0.6 is 11.6 Å². The zero-order valence-electron chi connectivity index (χ0n) is 12.8. The molecule has 3 heteroatoms. The van der Waals surface area contributed by atoms with Gasteiger partial charge in [0.15, 0.2) is 0 Å². The molecule has 2 nitrogen and oxygen atoms in total. The maximum absolute atomic E-state index is 8.88. The summed E-state index contributed by atoms with van der Waals surface area (Å²) < 4.78 is 0. The average Bonchev–Trinajstić information content (AvgIpc) is 2.44. The van der Waals surface area contributed by atoms with Crippen LogP contribution in [0.1, 0.15) is 40.8 Å². The minimum absolute atomic E-state index is 0.148. The van der Waals surface area contributed by atoms with Gasteiger partial charge in [-0.25, -0.2) is 0 Å². The van der Waals surface area contributed by atoms with Gasteiger partial charge in [0.05, 0.1) is 22.3 Å². The lowest BCUT2D eigenvalue weighted by Crippen LogP contribution is -2.09. The maximum Gasteiger partial charge on any atom is 0.0992 e. The molecule has 2 aromatic rings. The first-order valence-corrected chi connectivity index (χ1v) is 7.34. The van der Waals surface area contributed by atoms with Crippen LogP contribution in [0.2, 0.25) is 5.02 Å². The molecule has 1 atom stereocenters. The topological polar surface area (TPSA) is 35.8 Å². The quantitative estimate of drug-likeness (QED) is 0.833. The molecule has 0 heterocycles. The summed E-state index contributed by atoms with van der Waals surface area (Å²) in [7, 11) is 0. The molecule has 0 amide bonds. The summed E-state index contributed by atoms with van der Waals surface area (Å²) in [5.74, 6) is 0. The van der Waals surface area contributed by atoms with Crippen LogP contribution in [0.3, 0.4) is 0 Å². The van der Waals surface area contributed by atoms with Crippen molar-refractivity contribution in [2.75, 3.05) is 5.32 Å². The van der Waals surface area contributed by atoms with E-state index in [0.29, 0.717) is 10.6 Å². The Morgan fingerprint density at radius 1 is 1.05 bits per heavy atom. The van der Waals surface area contributed by atoms with E-state index < -0.39 is 0 Å². The number of nitrogens with one attached hydrogen (secondary N) is 1. The van der Waals surface area contributed by atoms with Gasteiger partial charge in [0.1, 0.15) is 0 Å². The number of benzene rings is 2. The largest absolute Gasteiger partial charge is 0.377 e. The van der Waals surface area contributed by atoms with Crippen molar-refractivity contribution >= 4 is 17.3 Å². The molecule has 1 N–H and O–H groups in total. The van der Waals surface area contributed by atoms with Crippen molar-refractivity contribution < 1.29 is 0 Å². The molecule has 0 aliphatic carbocycles. The first-order chi connectivity index (χ1) is 9.92. The monoisotopic (exact) mass is 298 g/mol. The summed E-state index contributed by atoms with van der Waals surface area (Å²) in [4.78, 5) is 0. The van der Waals surface area contributed by atoms with Crippen LogP contribution in [0, 0.1) is 32.1 Å². The third-order valence-electron chi connectivity index (χ3n) is 3.82. The number of aryl methyl sites for hydroxylation is 3. The highest BCUT2D eigenvalue weighted by Crippen LogP contribution is 2.29. The van der Waals surface area contributed by atoms with E-state index in [0.717, 1.165) is 5.69 Å². The van der Waals surface area contributed by atoms with Crippen LogP contribution in [-0.2, 0) is 0 Å². The van der Waals surface area contributed by atoms with E-state index in [1.165, 1.54) is 22.3 Å². The molecule has 108 valence electrons. The molecule has 0 aliphatic heterocycles. The number of hydrogen-bond donors (Lipinski definition) is 1. The van der Waals surface area contributed by atoms with Crippen molar-refractivity contribution in [3.63, 3.8) is 0 Å². The van der Waals surface area contributed by atoms with Gasteiger partial charge in [-0.2, -0.15) is 5.26 Å². The molecule has 0 saturated carbocycles. The normalized spacial score (nSPS) is 11.8. The Morgan fingerprint density at radius 2 is 1.71 bits per heavy atom. The van der Waals surface area contributed by atoms with Gasteiger partial charge in [-0.05, 0) is 68.1 Å². The predicted molar refractivity (Wildman–Crippen MR) is 88.9 cm³/mol. The van der Waals surface area contributed by atoms with Crippen LogP contribution in [-0.4, -0.2) is 0 Å². The molecule has 0 aliphatic rings. The van der Waals surface area contributed by atoms with E-state index in [1.54, 1.807) is 12.1 Å². The Kier molecular flexibility index (Phi) is 4.55.